The van der Waals surface area contributed by atoms with Gasteiger partial charge in [0.2, 0.25) is 5.91 Å². The molecule has 0 bridgehead atoms. The molecule has 1 aromatic rings. The fourth-order valence-electron chi connectivity index (χ4n) is 1.63. The van der Waals surface area contributed by atoms with Crippen LogP contribution in [0.2, 0.25) is 0 Å². The summed E-state index contributed by atoms with van der Waals surface area (Å²) in [6, 6.07) is 4.24. The Hall–Kier alpha value is -2.57. The summed E-state index contributed by atoms with van der Waals surface area (Å²) >= 11 is 0. The first-order valence-corrected chi connectivity index (χ1v) is 5.92. The molecule has 3 amide bonds. The van der Waals surface area contributed by atoms with Crippen LogP contribution in [0.4, 0.5) is 10.5 Å². The Morgan fingerprint density at radius 2 is 1.95 bits per heavy atom. The topological polar surface area (TPSA) is 98.7 Å². The van der Waals surface area contributed by atoms with Crippen LogP contribution in [0.1, 0.15) is 15.9 Å². The third-order valence-corrected chi connectivity index (χ3v) is 2.73. The molecule has 0 radical (unpaired) electrons. The van der Waals surface area contributed by atoms with Crippen molar-refractivity contribution < 1.29 is 19.5 Å². The SMILES string of the molecule is CNC(=O)CN(C)C(=O)Nc1cccc(C)c1C(=O)O. The molecule has 3 N–H and O–H groups in total. The van der Waals surface area contributed by atoms with Gasteiger partial charge in [0.1, 0.15) is 6.54 Å². The van der Waals surface area contributed by atoms with Crippen molar-refractivity contribution in [3.05, 3.63) is 29.3 Å². The molecule has 0 fully saturated rings. The van der Waals surface area contributed by atoms with E-state index in [1.54, 1.807) is 19.1 Å². The van der Waals surface area contributed by atoms with Crippen LogP contribution < -0.4 is 10.6 Å². The number of benzene rings is 1. The number of urea groups is 1. The predicted molar refractivity (Wildman–Crippen MR) is 73.9 cm³/mol. The van der Waals surface area contributed by atoms with Crippen LogP contribution in [0.25, 0.3) is 0 Å². The van der Waals surface area contributed by atoms with Gasteiger partial charge >= 0.3 is 12.0 Å². The number of carbonyl (C=O) groups excluding carboxylic acids is 2. The summed E-state index contributed by atoms with van der Waals surface area (Å²) in [7, 11) is 2.91. The van der Waals surface area contributed by atoms with Gasteiger partial charge in [-0.15, -0.1) is 0 Å². The molecule has 7 heteroatoms. The van der Waals surface area contributed by atoms with E-state index in [0.29, 0.717) is 5.56 Å². The summed E-state index contributed by atoms with van der Waals surface area (Å²) in [5, 5.41) is 14.0. The van der Waals surface area contributed by atoms with Gasteiger partial charge in [0.15, 0.2) is 0 Å². The highest BCUT2D eigenvalue weighted by molar-refractivity contribution is 6.01. The van der Waals surface area contributed by atoms with Gasteiger partial charge in [-0.05, 0) is 18.6 Å². The normalized spacial score (nSPS) is 9.75. The van der Waals surface area contributed by atoms with E-state index in [4.69, 9.17) is 5.11 Å². The fourth-order valence-corrected chi connectivity index (χ4v) is 1.63. The Morgan fingerprint density at radius 3 is 2.50 bits per heavy atom. The van der Waals surface area contributed by atoms with Crippen molar-refractivity contribution in [1.29, 1.82) is 0 Å². The third-order valence-electron chi connectivity index (χ3n) is 2.73. The number of nitrogens with zero attached hydrogens (tertiary/aromatic N) is 1. The Kier molecular flexibility index (Phi) is 5.08. The highest BCUT2D eigenvalue weighted by atomic mass is 16.4. The Bertz CT molecular complexity index is 542. The summed E-state index contributed by atoms with van der Waals surface area (Å²) in [4.78, 5) is 35.4. The Balaban J connectivity index is 2.88. The number of anilines is 1. The van der Waals surface area contributed by atoms with Gasteiger partial charge in [0, 0.05) is 14.1 Å². The zero-order valence-corrected chi connectivity index (χ0v) is 11.6. The monoisotopic (exact) mass is 279 g/mol. The van der Waals surface area contributed by atoms with Gasteiger partial charge in [-0.1, -0.05) is 12.1 Å². The molecular formula is C13H17N3O4. The van der Waals surface area contributed by atoms with Crippen molar-refractivity contribution in [3.63, 3.8) is 0 Å². The number of carboxylic acid groups (broad SMARTS) is 1. The van der Waals surface area contributed by atoms with Crippen LogP contribution in [-0.4, -0.2) is 48.6 Å². The van der Waals surface area contributed by atoms with E-state index >= 15 is 0 Å². The first-order chi connectivity index (χ1) is 9.36. The number of carboxylic acids is 1. The van der Waals surface area contributed by atoms with Crippen LogP contribution in [-0.2, 0) is 4.79 Å². The number of rotatable bonds is 4. The predicted octanol–water partition coefficient (Wildman–Crippen LogP) is 0.903. The third kappa shape index (κ3) is 3.71. The maximum absolute atomic E-state index is 11.9. The first-order valence-electron chi connectivity index (χ1n) is 5.92. The van der Waals surface area contributed by atoms with E-state index in [0.717, 1.165) is 4.90 Å². The Morgan fingerprint density at radius 1 is 1.30 bits per heavy atom. The quantitative estimate of drug-likeness (QED) is 0.762. The number of hydrogen-bond donors (Lipinski definition) is 3. The van der Waals surface area contributed by atoms with Gasteiger partial charge in [-0.2, -0.15) is 0 Å². The molecule has 0 aliphatic heterocycles. The fraction of sp³-hybridized carbons (Fsp3) is 0.308. The molecule has 7 nitrogen and oxygen atoms in total. The maximum atomic E-state index is 11.9. The highest BCUT2D eigenvalue weighted by Crippen LogP contribution is 2.19. The van der Waals surface area contributed by atoms with Gasteiger partial charge in [0.05, 0.1) is 11.3 Å². The zero-order chi connectivity index (χ0) is 15.3. The number of amides is 3. The molecule has 0 saturated heterocycles. The van der Waals surface area contributed by atoms with Gasteiger partial charge in [0.25, 0.3) is 0 Å². The Labute approximate surface area is 116 Å². The van der Waals surface area contributed by atoms with Gasteiger partial charge < -0.3 is 20.6 Å². The van der Waals surface area contributed by atoms with Crippen molar-refractivity contribution in [1.82, 2.24) is 10.2 Å². The van der Waals surface area contributed by atoms with Crippen LogP contribution >= 0.6 is 0 Å². The lowest BCUT2D eigenvalue weighted by Gasteiger charge is -2.18. The number of hydrogen-bond acceptors (Lipinski definition) is 3. The van der Waals surface area contributed by atoms with E-state index in [1.165, 1.54) is 20.2 Å². The standard InChI is InChI=1S/C13H17N3O4/c1-8-5-4-6-9(11(8)12(18)19)15-13(20)16(3)7-10(17)14-2/h4-6H,7H2,1-3H3,(H,14,17)(H,15,20)(H,18,19). The molecule has 0 heterocycles. The molecular weight excluding hydrogens is 262 g/mol. The van der Waals surface area contributed by atoms with Gasteiger partial charge in [-0.3, -0.25) is 4.79 Å². The molecule has 0 aliphatic rings. The number of aryl methyl sites for hydroxylation is 1. The smallest absolute Gasteiger partial charge is 0.338 e. The molecule has 108 valence electrons. The van der Waals surface area contributed by atoms with Crippen molar-refractivity contribution in [3.8, 4) is 0 Å². The first kappa shape index (κ1) is 15.5. The van der Waals surface area contributed by atoms with E-state index in [-0.39, 0.29) is 23.7 Å². The van der Waals surface area contributed by atoms with Crippen molar-refractivity contribution in [2.75, 3.05) is 26.0 Å². The molecule has 0 unspecified atom stereocenters. The van der Waals surface area contributed by atoms with Crippen LogP contribution in [0.3, 0.4) is 0 Å². The van der Waals surface area contributed by atoms with Crippen molar-refractivity contribution in [2.45, 2.75) is 6.92 Å². The molecule has 0 spiro atoms. The molecule has 1 rings (SSSR count). The largest absolute Gasteiger partial charge is 0.478 e. The van der Waals surface area contributed by atoms with E-state index < -0.39 is 12.0 Å². The minimum atomic E-state index is -1.12. The zero-order valence-electron chi connectivity index (χ0n) is 11.6. The van der Waals surface area contributed by atoms with E-state index in [1.807, 2.05) is 0 Å². The minimum Gasteiger partial charge on any atom is -0.478 e. The second-order valence-electron chi connectivity index (χ2n) is 4.26. The number of carbonyl (C=O) groups is 3. The lowest BCUT2D eigenvalue weighted by molar-refractivity contribution is -0.120. The molecule has 0 aliphatic carbocycles. The summed E-state index contributed by atoms with van der Waals surface area (Å²) in [5.41, 5.74) is 0.782. The maximum Gasteiger partial charge on any atom is 0.338 e. The summed E-state index contributed by atoms with van der Waals surface area (Å²) < 4.78 is 0. The molecule has 0 atom stereocenters. The second-order valence-corrected chi connectivity index (χ2v) is 4.26. The summed E-state index contributed by atoms with van der Waals surface area (Å²) in [6.45, 7) is 1.53. The number of aromatic carboxylic acids is 1. The van der Waals surface area contributed by atoms with Crippen LogP contribution in [0, 0.1) is 6.92 Å². The second kappa shape index (κ2) is 6.55. The average Bonchev–Trinajstić information content (AvgIpc) is 2.37. The van der Waals surface area contributed by atoms with E-state index in [9.17, 15) is 14.4 Å². The lowest BCUT2D eigenvalue weighted by Crippen LogP contribution is -2.39. The molecule has 20 heavy (non-hydrogen) atoms. The van der Waals surface area contributed by atoms with Crippen molar-refractivity contribution in [2.24, 2.45) is 0 Å². The van der Waals surface area contributed by atoms with Crippen molar-refractivity contribution >= 4 is 23.6 Å². The number of nitrogens with one attached hydrogen (secondary N) is 2. The number of likely N-dealkylation sites (N-methyl/N-ethyl adjacent to an activating group) is 2. The molecule has 1 aromatic carbocycles. The van der Waals surface area contributed by atoms with Crippen LogP contribution in [0.15, 0.2) is 18.2 Å². The molecule has 0 saturated carbocycles. The average molecular weight is 279 g/mol. The molecule has 0 aromatic heterocycles. The minimum absolute atomic E-state index is 0.0363. The van der Waals surface area contributed by atoms with E-state index in [2.05, 4.69) is 10.6 Å². The van der Waals surface area contributed by atoms with Gasteiger partial charge in [-0.25, -0.2) is 9.59 Å². The summed E-state index contributed by atoms with van der Waals surface area (Å²) in [6.07, 6.45) is 0. The summed E-state index contributed by atoms with van der Waals surface area (Å²) in [5.74, 6) is -1.43. The lowest BCUT2D eigenvalue weighted by atomic mass is 10.1. The highest BCUT2D eigenvalue weighted by Gasteiger charge is 2.17. The van der Waals surface area contributed by atoms with Crippen LogP contribution in [0.5, 0.6) is 0 Å².